The molecule has 104 valence electrons. The van der Waals surface area contributed by atoms with E-state index < -0.39 is 33.6 Å². The lowest BCUT2D eigenvalue weighted by molar-refractivity contribution is -0.384. The molecule has 0 aliphatic heterocycles. The molecule has 0 heterocycles. The second kappa shape index (κ2) is 6.93. The Morgan fingerprint density at radius 1 is 1.58 bits per heavy atom. The number of carbonyl (C=O) groups excluding carboxylic acids is 1. The number of nitrogens with one attached hydrogen (secondary N) is 1. The summed E-state index contributed by atoms with van der Waals surface area (Å²) in [4.78, 5) is 21.7. The third kappa shape index (κ3) is 3.82. The number of nitrogens with two attached hydrogens (primary N) is 1. The number of amides is 1. The van der Waals surface area contributed by atoms with Crippen molar-refractivity contribution in [1.82, 2.24) is 5.32 Å². The largest absolute Gasteiger partial charge is 0.392 e. The van der Waals surface area contributed by atoms with Crippen LogP contribution in [0.2, 0.25) is 0 Å². The Labute approximate surface area is 113 Å². The molecule has 0 spiro atoms. The Kier molecular flexibility index (Phi) is 5.56. The van der Waals surface area contributed by atoms with Crippen LogP contribution in [0, 0.1) is 15.9 Å². The summed E-state index contributed by atoms with van der Waals surface area (Å²) in [5.74, 6) is -0.752. The van der Waals surface area contributed by atoms with E-state index in [0.717, 1.165) is 24.3 Å². The Bertz CT molecular complexity index is 496. The van der Waals surface area contributed by atoms with Crippen molar-refractivity contribution in [2.45, 2.75) is 6.42 Å². The van der Waals surface area contributed by atoms with Gasteiger partial charge in [0.25, 0.3) is 11.6 Å². The first-order chi connectivity index (χ1) is 8.99. The zero-order valence-corrected chi connectivity index (χ0v) is 11.1. The summed E-state index contributed by atoms with van der Waals surface area (Å²) in [6.07, 6.45) is 2.66. The topological polar surface area (TPSA) is 98.3 Å². The van der Waals surface area contributed by atoms with Gasteiger partial charge in [0.1, 0.15) is 17.1 Å². The number of nitrogens with zero attached hydrogens (tertiary/aromatic N) is 1. The first-order valence-electron chi connectivity index (χ1n) is 5.48. The van der Waals surface area contributed by atoms with E-state index in [1.54, 1.807) is 11.8 Å². The van der Waals surface area contributed by atoms with E-state index in [-0.39, 0.29) is 0 Å². The Balaban J connectivity index is 2.90. The minimum atomic E-state index is -0.870. The van der Waals surface area contributed by atoms with Gasteiger partial charge in [-0.2, -0.15) is 11.8 Å². The lowest BCUT2D eigenvalue weighted by Gasteiger charge is -2.08. The minimum absolute atomic E-state index is 0.362. The Hall–Kier alpha value is -1.83. The van der Waals surface area contributed by atoms with Gasteiger partial charge in [-0.15, -0.1) is 0 Å². The summed E-state index contributed by atoms with van der Waals surface area (Å²) in [6, 6.07) is 1.81. The van der Waals surface area contributed by atoms with Crippen molar-refractivity contribution in [2.75, 3.05) is 24.3 Å². The van der Waals surface area contributed by atoms with E-state index in [9.17, 15) is 19.3 Å². The molecular formula is C11H14FN3O3S. The van der Waals surface area contributed by atoms with Gasteiger partial charge in [0.2, 0.25) is 0 Å². The number of hydrogen-bond acceptors (Lipinski definition) is 5. The van der Waals surface area contributed by atoms with E-state index in [1.807, 2.05) is 6.26 Å². The van der Waals surface area contributed by atoms with E-state index in [1.165, 1.54) is 0 Å². The Morgan fingerprint density at radius 2 is 2.26 bits per heavy atom. The fourth-order valence-corrected chi connectivity index (χ4v) is 1.91. The molecule has 0 bridgehead atoms. The minimum Gasteiger partial charge on any atom is -0.392 e. The molecular weight excluding hydrogens is 273 g/mol. The van der Waals surface area contributed by atoms with Crippen LogP contribution in [0.15, 0.2) is 12.1 Å². The maximum absolute atomic E-state index is 13.6. The van der Waals surface area contributed by atoms with Crippen LogP contribution < -0.4 is 11.1 Å². The van der Waals surface area contributed by atoms with Crippen molar-refractivity contribution >= 4 is 29.0 Å². The number of carbonyl (C=O) groups is 1. The van der Waals surface area contributed by atoms with Crippen molar-refractivity contribution in [3.05, 3.63) is 33.6 Å². The molecule has 1 aromatic carbocycles. The molecule has 0 saturated carbocycles. The molecule has 0 atom stereocenters. The molecule has 0 aliphatic rings. The molecule has 3 N–H and O–H groups in total. The number of anilines is 1. The molecule has 0 saturated heterocycles. The second-order valence-corrected chi connectivity index (χ2v) is 4.70. The summed E-state index contributed by atoms with van der Waals surface area (Å²) in [7, 11) is 0. The summed E-state index contributed by atoms with van der Waals surface area (Å²) in [5.41, 5.74) is 4.07. The van der Waals surface area contributed by atoms with E-state index in [2.05, 4.69) is 5.32 Å². The number of nitro groups is 1. The zero-order chi connectivity index (χ0) is 14.4. The van der Waals surface area contributed by atoms with Gasteiger partial charge in [-0.3, -0.25) is 14.9 Å². The fraction of sp³-hybridized carbons (Fsp3) is 0.364. The van der Waals surface area contributed by atoms with Crippen molar-refractivity contribution in [2.24, 2.45) is 0 Å². The summed E-state index contributed by atoms with van der Waals surface area (Å²) in [5, 5.41) is 13.2. The van der Waals surface area contributed by atoms with Gasteiger partial charge in [0.15, 0.2) is 0 Å². The van der Waals surface area contributed by atoms with Gasteiger partial charge >= 0.3 is 0 Å². The standard InChI is InChI=1S/C11H14FN3O3S/c1-19-6-2-5-14-11(16)9-7(12)3-4-8(10(9)13)15(17)18/h3-4H,2,5-6,13H2,1H3,(H,14,16). The van der Waals surface area contributed by atoms with Crippen LogP contribution in [0.4, 0.5) is 15.8 Å². The van der Waals surface area contributed by atoms with Gasteiger partial charge in [-0.25, -0.2) is 4.39 Å². The molecule has 6 nitrogen and oxygen atoms in total. The lowest BCUT2D eigenvalue weighted by Crippen LogP contribution is -2.27. The van der Waals surface area contributed by atoms with E-state index >= 15 is 0 Å². The second-order valence-electron chi connectivity index (χ2n) is 3.71. The van der Waals surface area contributed by atoms with Crippen LogP contribution in [0.1, 0.15) is 16.8 Å². The predicted octanol–water partition coefficient (Wildman–Crippen LogP) is 1.80. The lowest BCUT2D eigenvalue weighted by atomic mass is 10.1. The van der Waals surface area contributed by atoms with Gasteiger partial charge < -0.3 is 11.1 Å². The SMILES string of the molecule is CSCCCNC(=O)c1c(F)ccc([N+](=O)[O-])c1N. The molecule has 8 heteroatoms. The van der Waals surface area contributed by atoms with Crippen molar-refractivity contribution in [3.63, 3.8) is 0 Å². The number of rotatable bonds is 6. The predicted molar refractivity (Wildman–Crippen MR) is 72.8 cm³/mol. The number of hydrogen-bond donors (Lipinski definition) is 2. The number of thioether (sulfide) groups is 1. The van der Waals surface area contributed by atoms with Crippen LogP contribution in [-0.2, 0) is 0 Å². The molecule has 0 fully saturated rings. The first-order valence-corrected chi connectivity index (χ1v) is 6.88. The highest BCUT2D eigenvalue weighted by molar-refractivity contribution is 7.98. The summed E-state index contributed by atoms with van der Waals surface area (Å²) in [6.45, 7) is 0.362. The number of halogens is 1. The molecule has 0 aliphatic carbocycles. The van der Waals surface area contributed by atoms with E-state index in [0.29, 0.717) is 6.54 Å². The van der Waals surface area contributed by atoms with Gasteiger partial charge in [-0.05, 0) is 24.5 Å². The molecule has 19 heavy (non-hydrogen) atoms. The molecule has 0 radical (unpaired) electrons. The highest BCUT2D eigenvalue weighted by Crippen LogP contribution is 2.27. The monoisotopic (exact) mass is 287 g/mol. The molecule has 0 unspecified atom stereocenters. The van der Waals surface area contributed by atoms with Crippen LogP contribution in [0.25, 0.3) is 0 Å². The third-order valence-electron chi connectivity index (χ3n) is 2.41. The van der Waals surface area contributed by atoms with Crippen LogP contribution >= 0.6 is 11.8 Å². The maximum Gasteiger partial charge on any atom is 0.293 e. The quantitative estimate of drug-likeness (QED) is 0.360. The molecule has 1 amide bonds. The highest BCUT2D eigenvalue weighted by atomic mass is 32.2. The summed E-state index contributed by atoms with van der Waals surface area (Å²) < 4.78 is 13.6. The normalized spacial score (nSPS) is 10.2. The molecule has 1 rings (SSSR count). The number of nitro benzene ring substituents is 1. The smallest absolute Gasteiger partial charge is 0.293 e. The van der Waals surface area contributed by atoms with Crippen LogP contribution in [-0.4, -0.2) is 29.4 Å². The van der Waals surface area contributed by atoms with Crippen molar-refractivity contribution < 1.29 is 14.1 Å². The number of nitrogen functional groups attached to an aromatic ring is 1. The average molecular weight is 287 g/mol. The van der Waals surface area contributed by atoms with Gasteiger partial charge in [-0.1, -0.05) is 0 Å². The first kappa shape index (κ1) is 15.2. The van der Waals surface area contributed by atoms with Gasteiger partial charge in [0.05, 0.1) is 4.92 Å². The van der Waals surface area contributed by atoms with Gasteiger partial charge in [0, 0.05) is 12.6 Å². The molecule has 0 aromatic heterocycles. The van der Waals surface area contributed by atoms with Crippen LogP contribution in [0.3, 0.4) is 0 Å². The fourth-order valence-electron chi connectivity index (χ4n) is 1.48. The maximum atomic E-state index is 13.6. The molecule has 1 aromatic rings. The van der Waals surface area contributed by atoms with E-state index in [4.69, 9.17) is 5.73 Å². The number of benzene rings is 1. The average Bonchev–Trinajstić information content (AvgIpc) is 2.34. The third-order valence-corrected chi connectivity index (χ3v) is 3.10. The van der Waals surface area contributed by atoms with Crippen LogP contribution in [0.5, 0.6) is 0 Å². The zero-order valence-electron chi connectivity index (χ0n) is 10.3. The Morgan fingerprint density at radius 3 is 2.84 bits per heavy atom. The van der Waals surface area contributed by atoms with Crippen molar-refractivity contribution in [1.29, 1.82) is 0 Å². The summed E-state index contributed by atoms with van der Waals surface area (Å²) >= 11 is 1.62. The highest BCUT2D eigenvalue weighted by Gasteiger charge is 2.23. The van der Waals surface area contributed by atoms with Crippen molar-refractivity contribution in [3.8, 4) is 0 Å².